The van der Waals surface area contributed by atoms with E-state index in [2.05, 4.69) is 10.5 Å². The first kappa shape index (κ1) is 26.9. The van der Waals surface area contributed by atoms with Crippen molar-refractivity contribution in [2.24, 2.45) is 5.10 Å². The summed E-state index contributed by atoms with van der Waals surface area (Å²) in [4.78, 5) is 23.2. The number of ether oxygens (including phenoxy) is 3. The van der Waals surface area contributed by atoms with Gasteiger partial charge in [-0.2, -0.15) is 5.10 Å². The molecule has 0 aromatic heterocycles. The SMILES string of the molecule is COc1ccc(S(=O)(=O)N(CC(=O)N/N=C\c2ccc(OC)c([N+](=O)[O-])c2)c2ccccc2)cc1OC. The molecule has 0 saturated carbocycles. The second-order valence-corrected chi connectivity index (χ2v) is 9.21. The van der Waals surface area contributed by atoms with E-state index in [9.17, 15) is 23.3 Å². The Hall–Kier alpha value is -4.65. The second-order valence-electron chi connectivity index (χ2n) is 7.35. The molecular weight excluding hydrogens is 504 g/mol. The Bertz CT molecular complexity index is 1410. The summed E-state index contributed by atoms with van der Waals surface area (Å²) in [5.74, 6) is -0.116. The monoisotopic (exact) mass is 528 g/mol. The first-order chi connectivity index (χ1) is 17.7. The van der Waals surface area contributed by atoms with Crippen LogP contribution in [0.2, 0.25) is 0 Å². The van der Waals surface area contributed by atoms with Gasteiger partial charge in [-0.05, 0) is 36.4 Å². The molecule has 3 aromatic rings. The molecule has 1 N–H and O–H groups in total. The summed E-state index contributed by atoms with van der Waals surface area (Å²) in [5.41, 5.74) is 2.56. The average Bonchev–Trinajstić information content (AvgIpc) is 2.91. The molecule has 1 amide bonds. The molecule has 0 aliphatic carbocycles. The Kier molecular flexibility index (Phi) is 8.64. The van der Waals surface area contributed by atoms with Gasteiger partial charge in [-0.25, -0.2) is 13.8 Å². The zero-order valence-electron chi connectivity index (χ0n) is 20.2. The molecule has 37 heavy (non-hydrogen) atoms. The fourth-order valence-corrected chi connectivity index (χ4v) is 4.73. The standard InChI is InChI=1S/C24H24N4O8S/c1-34-21-11-9-17(13-20(21)28(30)31)15-25-26-24(29)16-27(18-7-5-4-6-8-18)37(32,33)19-10-12-22(35-2)23(14-19)36-3/h4-15H,16H2,1-3H3,(H,26,29)/b25-15-. The van der Waals surface area contributed by atoms with E-state index in [1.165, 1.54) is 63.9 Å². The van der Waals surface area contributed by atoms with E-state index in [-0.39, 0.29) is 27.8 Å². The summed E-state index contributed by atoms with van der Waals surface area (Å²) in [6, 6.07) is 16.3. The largest absolute Gasteiger partial charge is 0.493 e. The van der Waals surface area contributed by atoms with Crippen molar-refractivity contribution in [3.8, 4) is 17.2 Å². The molecule has 3 aromatic carbocycles. The van der Waals surface area contributed by atoms with E-state index in [0.717, 1.165) is 4.31 Å². The predicted molar refractivity (Wildman–Crippen MR) is 136 cm³/mol. The van der Waals surface area contributed by atoms with E-state index < -0.39 is 27.4 Å². The highest BCUT2D eigenvalue weighted by Crippen LogP contribution is 2.32. The van der Waals surface area contributed by atoms with E-state index in [1.54, 1.807) is 30.3 Å². The van der Waals surface area contributed by atoms with Gasteiger partial charge < -0.3 is 14.2 Å². The van der Waals surface area contributed by atoms with Crippen LogP contribution in [-0.4, -0.2) is 53.3 Å². The van der Waals surface area contributed by atoms with Crippen LogP contribution in [0, 0.1) is 10.1 Å². The van der Waals surface area contributed by atoms with Gasteiger partial charge in [0.25, 0.3) is 15.9 Å². The molecule has 0 aliphatic rings. The van der Waals surface area contributed by atoms with Crippen LogP contribution in [0.3, 0.4) is 0 Å². The third kappa shape index (κ3) is 6.32. The van der Waals surface area contributed by atoms with Gasteiger partial charge in [-0.3, -0.25) is 19.2 Å². The number of carbonyl (C=O) groups excluding carboxylic acids is 1. The van der Waals surface area contributed by atoms with Crippen molar-refractivity contribution in [2.75, 3.05) is 32.2 Å². The first-order valence-corrected chi connectivity index (χ1v) is 12.1. The van der Waals surface area contributed by atoms with Crippen molar-refractivity contribution in [3.63, 3.8) is 0 Å². The number of hydrogen-bond acceptors (Lipinski definition) is 9. The van der Waals surface area contributed by atoms with Gasteiger partial charge in [0, 0.05) is 17.7 Å². The van der Waals surface area contributed by atoms with Gasteiger partial charge in [-0.15, -0.1) is 0 Å². The number of nitro groups is 1. The highest BCUT2D eigenvalue weighted by Gasteiger charge is 2.28. The topological polar surface area (TPSA) is 150 Å². The highest BCUT2D eigenvalue weighted by atomic mass is 32.2. The molecule has 0 aliphatic heterocycles. The molecule has 194 valence electrons. The maximum Gasteiger partial charge on any atom is 0.311 e. The number of hydrogen-bond donors (Lipinski definition) is 1. The van der Waals surface area contributed by atoms with Crippen LogP contribution in [0.5, 0.6) is 17.2 Å². The number of rotatable bonds is 11. The third-order valence-electron chi connectivity index (χ3n) is 5.08. The number of nitrogens with one attached hydrogen (secondary N) is 1. The molecule has 0 saturated heterocycles. The van der Waals surface area contributed by atoms with E-state index in [0.29, 0.717) is 11.3 Å². The molecule has 0 radical (unpaired) electrons. The van der Waals surface area contributed by atoms with Gasteiger partial charge >= 0.3 is 5.69 Å². The lowest BCUT2D eigenvalue weighted by molar-refractivity contribution is -0.385. The number of carbonyl (C=O) groups is 1. The van der Waals surface area contributed by atoms with Crippen molar-refractivity contribution in [3.05, 3.63) is 82.4 Å². The Morgan fingerprint density at radius 3 is 2.24 bits per heavy atom. The van der Waals surface area contributed by atoms with E-state index in [4.69, 9.17) is 14.2 Å². The molecule has 0 atom stereocenters. The van der Waals surface area contributed by atoms with Crippen molar-refractivity contribution >= 4 is 33.5 Å². The number of benzene rings is 3. The van der Waals surface area contributed by atoms with Crippen LogP contribution in [0.4, 0.5) is 11.4 Å². The first-order valence-electron chi connectivity index (χ1n) is 10.7. The smallest absolute Gasteiger partial charge is 0.311 e. The minimum atomic E-state index is -4.21. The van der Waals surface area contributed by atoms with Crippen LogP contribution in [0.25, 0.3) is 0 Å². The normalized spacial score (nSPS) is 11.1. The van der Waals surface area contributed by atoms with Gasteiger partial charge in [0.15, 0.2) is 17.2 Å². The zero-order chi connectivity index (χ0) is 27.0. The lowest BCUT2D eigenvalue weighted by Gasteiger charge is -2.24. The minimum absolute atomic E-state index is 0.0741. The number of nitrogens with zero attached hydrogens (tertiary/aromatic N) is 3. The molecule has 0 unspecified atom stereocenters. The molecular formula is C24H24N4O8S. The Morgan fingerprint density at radius 2 is 1.62 bits per heavy atom. The van der Waals surface area contributed by atoms with Gasteiger partial charge in [0.1, 0.15) is 6.54 Å². The maximum absolute atomic E-state index is 13.5. The van der Waals surface area contributed by atoms with Gasteiger partial charge in [0.2, 0.25) is 0 Å². The average molecular weight is 529 g/mol. The number of para-hydroxylation sites is 1. The summed E-state index contributed by atoms with van der Waals surface area (Å²) < 4.78 is 43.3. The lowest BCUT2D eigenvalue weighted by atomic mass is 10.2. The Morgan fingerprint density at radius 1 is 0.973 bits per heavy atom. The number of hydrazone groups is 1. The summed E-state index contributed by atoms with van der Waals surface area (Å²) in [5, 5.41) is 15.0. The third-order valence-corrected chi connectivity index (χ3v) is 6.85. The molecule has 0 heterocycles. The number of anilines is 1. The number of methoxy groups -OCH3 is 3. The van der Waals surface area contributed by atoms with Crippen molar-refractivity contribution in [1.82, 2.24) is 5.43 Å². The predicted octanol–water partition coefficient (Wildman–Crippen LogP) is 2.97. The van der Waals surface area contributed by atoms with E-state index in [1.807, 2.05) is 0 Å². The fourth-order valence-electron chi connectivity index (χ4n) is 3.29. The highest BCUT2D eigenvalue weighted by molar-refractivity contribution is 7.92. The van der Waals surface area contributed by atoms with E-state index >= 15 is 0 Å². The van der Waals surface area contributed by atoms with Gasteiger partial charge in [0.05, 0.1) is 43.1 Å². The van der Waals surface area contributed by atoms with Crippen molar-refractivity contribution in [1.29, 1.82) is 0 Å². The van der Waals surface area contributed by atoms with Crippen LogP contribution >= 0.6 is 0 Å². The summed E-state index contributed by atoms with van der Waals surface area (Å²) in [6.07, 6.45) is 1.19. The molecule has 0 fully saturated rings. The zero-order valence-corrected chi connectivity index (χ0v) is 21.0. The van der Waals surface area contributed by atoms with Gasteiger partial charge in [-0.1, -0.05) is 18.2 Å². The van der Waals surface area contributed by atoms with Crippen LogP contribution < -0.4 is 23.9 Å². The molecule has 0 bridgehead atoms. The number of amides is 1. The quantitative estimate of drug-likeness (QED) is 0.227. The van der Waals surface area contributed by atoms with Crippen LogP contribution in [-0.2, 0) is 14.8 Å². The van der Waals surface area contributed by atoms with Crippen LogP contribution in [0.1, 0.15) is 5.56 Å². The van der Waals surface area contributed by atoms with Crippen molar-refractivity contribution < 1.29 is 32.3 Å². The number of nitro benzene ring substituents is 1. The van der Waals surface area contributed by atoms with Crippen LogP contribution in [0.15, 0.2) is 76.7 Å². The maximum atomic E-state index is 13.5. The number of sulfonamides is 1. The summed E-state index contributed by atoms with van der Waals surface area (Å²) in [6.45, 7) is -0.596. The minimum Gasteiger partial charge on any atom is -0.493 e. The lowest BCUT2D eigenvalue weighted by Crippen LogP contribution is -2.39. The second kappa shape index (κ2) is 11.9. The Balaban J connectivity index is 1.85. The molecule has 3 rings (SSSR count). The Labute approximate surface area is 213 Å². The molecule has 12 nitrogen and oxygen atoms in total. The fraction of sp³-hybridized carbons (Fsp3) is 0.167. The molecule has 13 heteroatoms. The summed E-state index contributed by atoms with van der Waals surface area (Å²) in [7, 11) is -0.0913. The summed E-state index contributed by atoms with van der Waals surface area (Å²) >= 11 is 0. The molecule has 0 spiro atoms. The van der Waals surface area contributed by atoms with Crippen molar-refractivity contribution in [2.45, 2.75) is 4.90 Å².